The van der Waals surface area contributed by atoms with E-state index in [4.69, 9.17) is 9.47 Å². The molecule has 1 unspecified atom stereocenters. The van der Waals surface area contributed by atoms with E-state index in [1.54, 1.807) is 13.8 Å². The molecule has 3 aliphatic rings. The van der Waals surface area contributed by atoms with E-state index >= 15 is 0 Å². The molecule has 0 saturated carbocycles. The van der Waals surface area contributed by atoms with Crippen LogP contribution in [-0.4, -0.2) is 60.1 Å². The molecule has 9 heteroatoms. The molecule has 0 aromatic carbocycles. The van der Waals surface area contributed by atoms with Gasteiger partial charge in [-0.15, -0.1) is 0 Å². The van der Waals surface area contributed by atoms with E-state index < -0.39 is 23.2 Å². The zero-order chi connectivity index (χ0) is 30.6. The molecule has 0 radical (unpaired) electrons. The largest absolute Gasteiger partial charge is 0.353 e. The zero-order valence-electron chi connectivity index (χ0n) is 25.0. The van der Waals surface area contributed by atoms with Gasteiger partial charge in [0, 0.05) is 37.2 Å². The van der Waals surface area contributed by atoms with Crippen molar-refractivity contribution in [2.24, 2.45) is 11.3 Å². The number of allylic oxidation sites excluding steroid dienone is 11. The number of hydrogen-bond donors (Lipinski definition) is 2. The van der Waals surface area contributed by atoms with Crippen molar-refractivity contribution in [3.05, 3.63) is 84.7 Å². The number of imide groups is 1. The molecule has 1 aliphatic carbocycles. The molecule has 2 aliphatic heterocycles. The van der Waals surface area contributed by atoms with Crippen LogP contribution in [-0.2, 0) is 28.7 Å². The van der Waals surface area contributed by atoms with Gasteiger partial charge in [-0.25, -0.2) is 0 Å². The monoisotopic (exact) mass is 577 g/mol. The molecule has 42 heavy (non-hydrogen) atoms. The van der Waals surface area contributed by atoms with Crippen LogP contribution < -0.4 is 10.6 Å². The lowest BCUT2D eigenvalue weighted by molar-refractivity contribution is -0.303. The highest BCUT2D eigenvalue weighted by molar-refractivity contribution is 6.05. The summed E-state index contributed by atoms with van der Waals surface area (Å²) < 4.78 is 11.4. The SMILES string of the molecule is CC1(C)OCC(C)(C)[C@H](C(=O)N/C=C\C(=O)NCCCCCN2C(=O)CC(C3=C/C=C\C=C/C=C\C=C/C=C\3)C2=O)O1. The highest BCUT2D eigenvalue weighted by Gasteiger charge is 2.45. The van der Waals surface area contributed by atoms with Gasteiger partial charge in [-0.2, -0.15) is 0 Å². The summed E-state index contributed by atoms with van der Waals surface area (Å²) in [5.74, 6) is -2.35. The summed E-state index contributed by atoms with van der Waals surface area (Å²) in [6, 6.07) is 0. The first kappa shape index (κ1) is 32.7. The Balaban J connectivity index is 1.37. The van der Waals surface area contributed by atoms with Crippen molar-refractivity contribution >= 4 is 23.6 Å². The smallest absolute Gasteiger partial charge is 0.253 e. The topological polar surface area (TPSA) is 114 Å². The van der Waals surface area contributed by atoms with E-state index in [-0.39, 0.29) is 30.0 Å². The highest BCUT2D eigenvalue weighted by atomic mass is 16.7. The first-order valence-electron chi connectivity index (χ1n) is 14.5. The molecule has 226 valence electrons. The quantitative estimate of drug-likeness (QED) is 0.229. The Morgan fingerprint density at radius 2 is 1.62 bits per heavy atom. The molecular formula is C33H43N3O6. The molecule has 2 saturated heterocycles. The summed E-state index contributed by atoms with van der Waals surface area (Å²) in [4.78, 5) is 51.8. The average molecular weight is 578 g/mol. The van der Waals surface area contributed by atoms with Crippen LogP contribution in [0.2, 0.25) is 0 Å². The molecule has 2 heterocycles. The van der Waals surface area contributed by atoms with Crippen molar-refractivity contribution in [2.75, 3.05) is 19.7 Å². The molecule has 2 atom stereocenters. The summed E-state index contributed by atoms with van der Waals surface area (Å²) >= 11 is 0. The Hall–Kier alpha value is -3.82. The Kier molecular flexibility index (Phi) is 12.0. The van der Waals surface area contributed by atoms with Crippen molar-refractivity contribution in [1.82, 2.24) is 15.5 Å². The molecule has 0 aromatic rings. The van der Waals surface area contributed by atoms with Crippen molar-refractivity contribution in [1.29, 1.82) is 0 Å². The van der Waals surface area contributed by atoms with Gasteiger partial charge in [0.2, 0.25) is 17.7 Å². The second-order valence-corrected chi connectivity index (χ2v) is 11.6. The predicted octanol–water partition coefficient (Wildman–Crippen LogP) is 4.18. The van der Waals surface area contributed by atoms with Gasteiger partial charge in [0.15, 0.2) is 5.79 Å². The lowest BCUT2D eigenvalue weighted by Crippen LogP contribution is -2.55. The normalized spacial score (nSPS) is 28.6. The maximum absolute atomic E-state index is 13.1. The van der Waals surface area contributed by atoms with Crippen LogP contribution in [0.25, 0.3) is 0 Å². The standard InChI is InChI=1S/C33H43N3O6/c1-32(2)24-41-33(3,4)42-29(32)30(39)35-21-19-27(37)34-20-15-12-16-22-36-28(38)23-26(31(36)40)25-17-13-10-8-6-5-7-9-11-14-18-25/h5-11,13-14,17-19,21,26,29H,12,15-16,20,22-24H2,1-4H3,(H,34,37)(H,35,39)/b6-5-,7-5?,8-6?,9-7-,10-8-,11-9?,13-10?,14-11-,17-13-,18-14?,21-19-,25-17?,25-18+/t26?,29-/m0/s1. The second kappa shape index (κ2) is 15.4. The van der Waals surface area contributed by atoms with E-state index in [2.05, 4.69) is 10.6 Å². The van der Waals surface area contributed by atoms with Crippen LogP contribution in [0.15, 0.2) is 84.7 Å². The summed E-state index contributed by atoms with van der Waals surface area (Å²) in [6.07, 6.45) is 24.9. The van der Waals surface area contributed by atoms with E-state index in [0.717, 1.165) is 12.0 Å². The van der Waals surface area contributed by atoms with Crippen molar-refractivity contribution in [3.8, 4) is 0 Å². The molecule has 9 nitrogen and oxygen atoms in total. The van der Waals surface area contributed by atoms with Crippen molar-refractivity contribution in [2.45, 2.75) is 65.3 Å². The number of rotatable bonds is 10. The molecule has 3 rings (SSSR count). The minimum atomic E-state index is -0.859. The second-order valence-electron chi connectivity index (χ2n) is 11.6. The van der Waals surface area contributed by atoms with Crippen LogP contribution in [0.5, 0.6) is 0 Å². The van der Waals surface area contributed by atoms with Crippen LogP contribution in [0.4, 0.5) is 0 Å². The fourth-order valence-corrected chi connectivity index (χ4v) is 4.69. The molecule has 0 spiro atoms. The van der Waals surface area contributed by atoms with Crippen LogP contribution in [0.1, 0.15) is 53.4 Å². The number of nitrogens with one attached hydrogen (secondary N) is 2. The van der Waals surface area contributed by atoms with Gasteiger partial charge >= 0.3 is 0 Å². The maximum Gasteiger partial charge on any atom is 0.253 e. The van der Waals surface area contributed by atoms with Gasteiger partial charge in [0.25, 0.3) is 5.91 Å². The number of likely N-dealkylation sites (tertiary alicyclic amines) is 1. The van der Waals surface area contributed by atoms with Crippen LogP contribution in [0.3, 0.4) is 0 Å². The number of unbranched alkanes of at least 4 members (excludes halogenated alkanes) is 2. The fourth-order valence-electron chi connectivity index (χ4n) is 4.69. The molecule has 0 aromatic heterocycles. The number of carbonyl (C=O) groups excluding carboxylic acids is 4. The van der Waals surface area contributed by atoms with Gasteiger partial charge in [0.05, 0.1) is 12.5 Å². The number of hydrogen-bond acceptors (Lipinski definition) is 6. The highest BCUT2D eigenvalue weighted by Crippen LogP contribution is 2.35. The summed E-state index contributed by atoms with van der Waals surface area (Å²) in [7, 11) is 0. The van der Waals surface area contributed by atoms with Gasteiger partial charge in [0.1, 0.15) is 6.10 Å². The van der Waals surface area contributed by atoms with E-state index in [1.165, 1.54) is 17.2 Å². The van der Waals surface area contributed by atoms with E-state index in [1.807, 2.05) is 80.7 Å². The molecule has 2 fully saturated rings. The molecule has 2 N–H and O–H groups in total. The molecule has 4 amide bonds. The Labute approximate surface area is 248 Å². The number of nitrogens with zero attached hydrogens (tertiary/aromatic N) is 1. The Morgan fingerprint density at radius 1 is 0.952 bits per heavy atom. The van der Waals surface area contributed by atoms with Gasteiger partial charge in [-0.05, 0) is 38.7 Å². The average Bonchev–Trinajstić information content (AvgIpc) is 3.20. The molecule has 0 bridgehead atoms. The van der Waals surface area contributed by atoms with E-state index in [9.17, 15) is 19.2 Å². The van der Waals surface area contributed by atoms with Crippen LogP contribution in [0, 0.1) is 11.3 Å². The van der Waals surface area contributed by atoms with E-state index in [0.29, 0.717) is 32.5 Å². The lowest BCUT2D eigenvalue weighted by Gasteiger charge is -2.44. The third-order valence-electron chi connectivity index (χ3n) is 7.07. The fraction of sp³-hybridized carbons (Fsp3) is 0.455. The van der Waals surface area contributed by atoms with Crippen molar-refractivity contribution in [3.63, 3.8) is 0 Å². The number of ether oxygens (including phenoxy) is 2. The first-order valence-corrected chi connectivity index (χ1v) is 14.5. The minimum absolute atomic E-state index is 0.161. The maximum atomic E-state index is 13.1. The van der Waals surface area contributed by atoms with Crippen LogP contribution >= 0.6 is 0 Å². The summed E-state index contributed by atoms with van der Waals surface area (Å²) in [5.41, 5.74) is 0.293. The molecular weight excluding hydrogens is 534 g/mol. The zero-order valence-corrected chi connectivity index (χ0v) is 25.0. The Morgan fingerprint density at radius 3 is 2.33 bits per heavy atom. The summed E-state index contributed by atoms with van der Waals surface area (Å²) in [6.45, 7) is 8.47. The van der Waals surface area contributed by atoms with Gasteiger partial charge in [-0.1, -0.05) is 80.7 Å². The number of amides is 4. The third kappa shape index (κ3) is 9.92. The van der Waals surface area contributed by atoms with Gasteiger partial charge in [-0.3, -0.25) is 24.1 Å². The van der Waals surface area contributed by atoms with Gasteiger partial charge < -0.3 is 20.1 Å². The number of carbonyl (C=O) groups is 4. The summed E-state index contributed by atoms with van der Waals surface area (Å²) in [5, 5.41) is 5.40. The minimum Gasteiger partial charge on any atom is -0.353 e. The first-order chi connectivity index (χ1) is 20.0. The van der Waals surface area contributed by atoms with Crippen molar-refractivity contribution < 1.29 is 28.7 Å². The third-order valence-corrected chi connectivity index (χ3v) is 7.07. The Bertz CT molecular complexity index is 1220. The predicted molar refractivity (Wildman–Crippen MR) is 161 cm³/mol. The lowest BCUT2D eigenvalue weighted by atomic mass is 9.85.